The highest BCUT2D eigenvalue weighted by molar-refractivity contribution is 6.07. The largest absolute Gasteiger partial charge is 0.378 e. The highest BCUT2D eigenvalue weighted by Gasteiger charge is 2.20. The molecule has 0 saturated heterocycles. The highest BCUT2D eigenvalue weighted by Crippen LogP contribution is 2.34. The summed E-state index contributed by atoms with van der Waals surface area (Å²) < 4.78 is 20.0. The van der Waals surface area contributed by atoms with Gasteiger partial charge >= 0.3 is 0 Å². The lowest BCUT2D eigenvalue weighted by atomic mass is 10.0. The normalized spacial score (nSPS) is 12.1. The molecule has 4 rings (SSSR count). The molecule has 1 atom stereocenters. The SMILES string of the molecule is COCc1ccc(-c2cc3c(NC(C)c4n[nH]cc4C)c(C(N)=O)cnc3cc2F)cn1. The number of carbonyl (C=O) groups is 1. The van der Waals surface area contributed by atoms with Gasteiger partial charge in [-0.2, -0.15) is 5.10 Å². The van der Waals surface area contributed by atoms with Crippen LogP contribution >= 0.6 is 0 Å². The number of carbonyl (C=O) groups excluding carboxylic acids is 1. The van der Waals surface area contributed by atoms with Crippen molar-refractivity contribution < 1.29 is 13.9 Å². The monoisotopic (exact) mass is 434 g/mol. The first-order valence-electron chi connectivity index (χ1n) is 10.0. The molecular formula is C23H23FN6O2. The molecular weight excluding hydrogens is 411 g/mol. The predicted octanol–water partition coefficient (Wildman–Crippen LogP) is 3.89. The van der Waals surface area contributed by atoms with Crippen LogP contribution < -0.4 is 11.1 Å². The smallest absolute Gasteiger partial charge is 0.252 e. The molecule has 8 nitrogen and oxygen atoms in total. The number of methoxy groups -OCH3 is 1. The summed E-state index contributed by atoms with van der Waals surface area (Å²) in [7, 11) is 1.59. The Morgan fingerprint density at radius 3 is 2.72 bits per heavy atom. The number of aromatic amines is 1. The molecule has 0 aliphatic rings. The maximum absolute atomic E-state index is 15.0. The van der Waals surface area contributed by atoms with E-state index < -0.39 is 11.7 Å². The van der Waals surface area contributed by atoms with Crippen LogP contribution in [0.1, 0.15) is 40.3 Å². The minimum absolute atomic E-state index is 0.212. The Hall–Kier alpha value is -3.85. The van der Waals surface area contributed by atoms with Crippen LogP contribution in [0.3, 0.4) is 0 Å². The number of nitrogens with zero attached hydrogens (tertiary/aromatic N) is 3. The van der Waals surface area contributed by atoms with Gasteiger partial charge in [-0.25, -0.2) is 4.39 Å². The van der Waals surface area contributed by atoms with E-state index in [0.29, 0.717) is 34.3 Å². The third kappa shape index (κ3) is 4.02. The van der Waals surface area contributed by atoms with Gasteiger partial charge < -0.3 is 15.8 Å². The van der Waals surface area contributed by atoms with Gasteiger partial charge in [0.1, 0.15) is 5.82 Å². The molecule has 1 aromatic carbocycles. The van der Waals surface area contributed by atoms with Gasteiger partial charge in [0.2, 0.25) is 0 Å². The third-order valence-corrected chi connectivity index (χ3v) is 5.29. The van der Waals surface area contributed by atoms with Gasteiger partial charge in [0.15, 0.2) is 0 Å². The Bertz CT molecular complexity index is 1290. The fourth-order valence-electron chi connectivity index (χ4n) is 3.68. The van der Waals surface area contributed by atoms with Crippen molar-refractivity contribution in [3.63, 3.8) is 0 Å². The average Bonchev–Trinajstić information content (AvgIpc) is 3.20. The lowest BCUT2D eigenvalue weighted by Crippen LogP contribution is -2.17. The first kappa shape index (κ1) is 21.4. The molecule has 4 N–H and O–H groups in total. The number of hydrogen-bond acceptors (Lipinski definition) is 6. The van der Waals surface area contributed by atoms with Crippen LogP contribution in [0.2, 0.25) is 0 Å². The maximum atomic E-state index is 15.0. The molecule has 0 radical (unpaired) electrons. The van der Waals surface area contributed by atoms with E-state index in [2.05, 4.69) is 25.5 Å². The number of nitrogens with one attached hydrogen (secondary N) is 2. The summed E-state index contributed by atoms with van der Waals surface area (Å²) in [5.74, 6) is -1.08. The summed E-state index contributed by atoms with van der Waals surface area (Å²) in [6.45, 7) is 4.22. The summed E-state index contributed by atoms with van der Waals surface area (Å²) >= 11 is 0. The Kier molecular flexibility index (Phi) is 5.83. The van der Waals surface area contributed by atoms with Crippen molar-refractivity contribution in [3.05, 3.63) is 71.2 Å². The number of hydrogen-bond donors (Lipinski definition) is 3. The Balaban J connectivity index is 1.85. The number of primary amides is 1. The molecule has 4 aromatic rings. The summed E-state index contributed by atoms with van der Waals surface area (Å²) in [6.07, 6.45) is 4.74. The molecule has 0 aliphatic heterocycles. The average molecular weight is 434 g/mol. The lowest BCUT2D eigenvalue weighted by molar-refractivity contribution is 0.100. The van der Waals surface area contributed by atoms with Crippen molar-refractivity contribution in [2.45, 2.75) is 26.5 Å². The van der Waals surface area contributed by atoms with Crippen LogP contribution in [0.25, 0.3) is 22.0 Å². The Morgan fingerprint density at radius 2 is 2.09 bits per heavy atom. The van der Waals surface area contributed by atoms with Crippen LogP contribution in [0.15, 0.2) is 42.9 Å². The molecule has 1 amide bonds. The second-order valence-electron chi connectivity index (χ2n) is 7.55. The van der Waals surface area contributed by atoms with Gasteiger partial charge in [-0.1, -0.05) is 6.07 Å². The van der Waals surface area contributed by atoms with Gasteiger partial charge in [0.25, 0.3) is 5.91 Å². The number of H-pyrrole nitrogens is 1. The second kappa shape index (κ2) is 8.72. The van der Waals surface area contributed by atoms with Crippen LogP contribution in [0.4, 0.5) is 10.1 Å². The first-order chi connectivity index (χ1) is 15.4. The number of halogens is 1. The van der Waals surface area contributed by atoms with Crippen molar-refractivity contribution in [2.24, 2.45) is 5.73 Å². The van der Waals surface area contributed by atoms with E-state index in [1.807, 2.05) is 13.8 Å². The number of fused-ring (bicyclic) bond motifs is 1. The molecule has 0 aliphatic carbocycles. The first-order valence-corrected chi connectivity index (χ1v) is 10.0. The molecule has 1 unspecified atom stereocenters. The highest BCUT2D eigenvalue weighted by atomic mass is 19.1. The number of aryl methyl sites for hydroxylation is 1. The standard InChI is InChI=1S/C23H23FN6O2/c1-12-8-28-30-21(12)13(2)29-22-17-6-16(14-4-5-15(11-32-3)26-9-14)19(24)7-20(17)27-10-18(22)23(25)31/h4-10,13H,11H2,1-3H3,(H2,25,31)(H,27,29)(H,28,30). The quantitative estimate of drug-likeness (QED) is 0.406. The number of pyridine rings is 2. The molecule has 164 valence electrons. The van der Waals surface area contributed by atoms with Crippen LogP contribution in [0.5, 0.6) is 0 Å². The van der Waals surface area contributed by atoms with Gasteiger partial charge in [-0.05, 0) is 31.5 Å². The van der Waals surface area contributed by atoms with Gasteiger partial charge in [-0.15, -0.1) is 0 Å². The van der Waals surface area contributed by atoms with E-state index in [9.17, 15) is 9.18 Å². The van der Waals surface area contributed by atoms with E-state index >= 15 is 0 Å². The Labute approximate surface area is 184 Å². The molecule has 32 heavy (non-hydrogen) atoms. The van der Waals surface area contributed by atoms with E-state index in [-0.39, 0.29) is 11.6 Å². The van der Waals surface area contributed by atoms with Crippen LogP contribution in [0, 0.1) is 12.7 Å². The fraction of sp³-hybridized carbons (Fsp3) is 0.217. The van der Waals surface area contributed by atoms with Crippen molar-refractivity contribution in [1.82, 2.24) is 20.2 Å². The van der Waals surface area contributed by atoms with Gasteiger partial charge in [0, 0.05) is 48.3 Å². The summed E-state index contributed by atoms with van der Waals surface area (Å²) in [5, 5.41) is 11.0. The van der Waals surface area contributed by atoms with Crippen LogP contribution in [-0.2, 0) is 11.3 Å². The van der Waals surface area contributed by atoms with Crippen molar-refractivity contribution in [2.75, 3.05) is 12.4 Å². The minimum Gasteiger partial charge on any atom is -0.378 e. The third-order valence-electron chi connectivity index (χ3n) is 5.29. The fourth-order valence-corrected chi connectivity index (χ4v) is 3.68. The topological polar surface area (TPSA) is 119 Å². The minimum atomic E-state index is -0.635. The van der Waals surface area contributed by atoms with Crippen molar-refractivity contribution >= 4 is 22.5 Å². The molecule has 3 heterocycles. The predicted molar refractivity (Wildman–Crippen MR) is 120 cm³/mol. The van der Waals surface area contributed by atoms with E-state index in [1.54, 1.807) is 37.7 Å². The Morgan fingerprint density at radius 1 is 1.28 bits per heavy atom. The molecule has 0 bridgehead atoms. The summed E-state index contributed by atoms with van der Waals surface area (Å²) in [4.78, 5) is 20.7. The molecule has 0 saturated carbocycles. The lowest BCUT2D eigenvalue weighted by Gasteiger charge is -2.19. The molecule has 3 aromatic heterocycles. The summed E-state index contributed by atoms with van der Waals surface area (Å²) in [6, 6.07) is 6.31. The zero-order chi connectivity index (χ0) is 22.8. The summed E-state index contributed by atoms with van der Waals surface area (Å²) in [5.41, 5.74) is 10.1. The number of nitrogens with two attached hydrogens (primary N) is 1. The number of aromatic nitrogens is 4. The molecule has 0 spiro atoms. The van der Waals surface area contributed by atoms with E-state index in [4.69, 9.17) is 10.5 Å². The number of anilines is 1. The van der Waals surface area contributed by atoms with E-state index in [0.717, 1.165) is 17.0 Å². The number of amides is 1. The second-order valence-corrected chi connectivity index (χ2v) is 7.55. The van der Waals surface area contributed by atoms with Crippen LogP contribution in [-0.4, -0.2) is 33.2 Å². The number of ether oxygens (including phenoxy) is 1. The molecule has 0 fully saturated rings. The maximum Gasteiger partial charge on any atom is 0.252 e. The number of benzene rings is 1. The van der Waals surface area contributed by atoms with Gasteiger partial charge in [-0.3, -0.25) is 19.9 Å². The number of rotatable bonds is 7. The van der Waals surface area contributed by atoms with E-state index in [1.165, 1.54) is 12.3 Å². The van der Waals surface area contributed by atoms with Crippen molar-refractivity contribution in [3.8, 4) is 11.1 Å². The van der Waals surface area contributed by atoms with Gasteiger partial charge in [0.05, 0.1) is 40.8 Å². The zero-order valence-electron chi connectivity index (χ0n) is 17.9. The molecule has 9 heteroatoms. The van der Waals surface area contributed by atoms with Crippen molar-refractivity contribution in [1.29, 1.82) is 0 Å². The zero-order valence-corrected chi connectivity index (χ0v) is 17.9.